The van der Waals surface area contributed by atoms with Crippen molar-refractivity contribution >= 4 is 5.97 Å². The van der Waals surface area contributed by atoms with Gasteiger partial charge in [0.25, 0.3) is 0 Å². The number of hydrogen-bond donors (Lipinski definition) is 2. The van der Waals surface area contributed by atoms with Crippen molar-refractivity contribution in [2.75, 3.05) is 0 Å². The van der Waals surface area contributed by atoms with Crippen molar-refractivity contribution in [3.8, 4) is 0 Å². The number of aromatic amines is 1. The molecule has 15 heavy (non-hydrogen) atoms. The van der Waals surface area contributed by atoms with E-state index in [0.717, 1.165) is 23.6 Å². The molecule has 1 heterocycles. The van der Waals surface area contributed by atoms with Gasteiger partial charge in [-0.2, -0.15) is 5.10 Å². The van der Waals surface area contributed by atoms with E-state index in [4.69, 9.17) is 5.11 Å². The molecule has 0 aromatic carbocycles. The van der Waals surface area contributed by atoms with Crippen LogP contribution in [0.3, 0.4) is 0 Å². The van der Waals surface area contributed by atoms with Gasteiger partial charge in [0.05, 0.1) is 0 Å². The minimum absolute atomic E-state index is 0.236. The van der Waals surface area contributed by atoms with E-state index in [0.29, 0.717) is 17.8 Å². The molecule has 1 fully saturated rings. The van der Waals surface area contributed by atoms with E-state index in [9.17, 15) is 4.79 Å². The molecule has 0 saturated heterocycles. The van der Waals surface area contributed by atoms with Crippen molar-refractivity contribution in [1.29, 1.82) is 0 Å². The number of hydrogen-bond acceptors (Lipinski definition) is 2. The van der Waals surface area contributed by atoms with Crippen molar-refractivity contribution in [2.24, 2.45) is 17.8 Å². The van der Waals surface area contributed by atoms with Crippen LogP contribution in [0.15, 0.2) is 0 Å². The van der Waals surface area contributed by atoms with Gasteiger partial charge in [-0.15, -0.1) is 0 Å². The lowest BCUT2D eigenvalue weighted by atomic mass is 9.99. The van der Waals surface area contributed by atoms with E-state index in [2.05, 4.69) is 24.0 Å². The number of carbonyl (C=O) groups is 1. The maximum absolute atomic E-state index is 10.9. The second-order valence-corrected chi connectivity index (χ2v) is 4.98. The van der Waals surface area contributed by atoms with E-state index in [1.54, 1.807) is 0 Å². The highest BCUT2D eigenvalue weighted by Crippen LogP contribution is 2.63. The number of carboxylic acids is 1. The van der Waals surface area contributed by atoms with Crippen LogP contribution >= 0.6 is 0 Å². The molecule has 4 nitrogen and oxygen atoms in total. The Hall–Kier alpha value is -1.32. The zero-order valence-electron chi connectivity index (χ0n) is 8.82. The number of nitrogens with one attached hydrogen (secondary N) is 1. The summed E-state index contributed by atoms with van der Waals surface area (Å²) in [6, 6.07) is 0. The van der Waals surface area contributed by atoms with Gasteiger partial charge < -0.3 is 5.11 Å². The lowest BCUT2D eigenvalue weighted by Crippen LogP contribution is -2.04. The molecule has 0 amide bonds. The minimum Gasteiger partial charge on any atom is -0.476 e. The second-order valence-electron chi connectivity index (χ2n) is 4.98. The normalized spacial score (nSPS) is 31.5. The first-order valence-electron chi connectivity index (χ1n) is 5.41. The van der Waals surface area contributed by atoms with E-state index in [1.165, 1.54) is 0 Å². The molecule has 2 aliphatic rings. The van der Waals surface area contributed by atoms with Crippen LogP contribution < -0.4 is 0 Å². The Labute approximate surface area is 87.7 Å². The second kappa shape index (κ2) is 2.62. The first kappa shape index (κ1) is 8.95. The summed E-state index contributed by atoms with van der Waals surface area (Å²) in [6.45, 7) is 4.47. The van der Waals surface area contributed by atoms with Gasteiger partial charge in [-0.05, 0) is 24.2 Å². The monoisotopic (exact) mass is 206 g/mol. The largest absolute Gasteiger partial charge is 0.476 e. The molecule has 2 N–H and O–H groups in total. The van der Waals surface area contributed by atoms with Crippen LogP contribution in [0.1, 0.15) is 41.5 Å². The van der Waals surface area contributed by atoms with Gasteiger partial charge in [-0.3, -0.25) is 5.10 Å². The lowest BCUT2D eigenvalue weighted by Gasteiger charge is -2.06. The Morgan fingerprint density at radius 2 is 2.33 bits per heavy atom. The van der Waals surface area contributed by atoms with Gasteiger partial charge in [-0.1, -0.05) is 13.8 Å². The highest BCUT2D eigenvalue weighted by molar-refractivity contribution is 5.87. The van der Waals surface area contributed by atoms with Crippen LogP contribution in [0, 0.1) is 17.8 Å². The van der Waals surface area contributed by atoms with E-state index < -0.39 is 5.97 Å². The highest BCUT2D eigenvalue weighted by atomic mass is 16.4. The average molecular weight is 206 g/mol. The topological polar surface area (TPSA) is 66.0 Å². The third-order valence-electron chi connectivity index (χ3n) is 3.87. The van der Waals surface area contributed by atoms with Crippen LogP contribution in [0.4, 0.5) is 0 Å². The molecule has 4 heteroatoms. The molecule has 3 atom stereocenters. The summed E-state index contributed by atoms with van der Waals surface area (Å²) >= 11 is 0. The summed E-state index contributed by atoms with van der Waals surface area (Å²) < 4.78 is 0. The van der Waals surface area contributed by atoms with E-state index in [-0.39, 0.29) is 5.69 Å². The first-order chi connectivity index (χ1) is 7.11. The van der Waals surface area contributed by atoms with Gasteiger partial charge in [0.2, 0.25) is 0 Å². The van der Waals surface area contributed by atoms with Gasteiger partial charge in [-0.25, -0.2) is 4.79 Å². The zero-order valence-corrected chi connectivity index (χ0v) is 8.82. The Morgan fingerprint density at radius 3 is 2.93 bits per heavy atom. The molecule has 0 aliphatic heterocycles. The molecule has 0 bridgehead atoms. The van der Waals surface area contributed by atoms with Gasteiger partial charge in [0, 0.05) is 17.2 Å². The molecule has 0 unspecified atom stereocenters. The molecule has 1 saturated carbocycles. The van der Waals surface area contributed by atoms with Gasteiger partial charge in [0.1, 0.15) is 0 Å². The lowest BCUT2D eigenvalue weighted by molar-refractivity contribution is 0.0689. The number of carboxylic acid groups (broad SMARTS) is 1. The number of aromatic carboxylic acids is 1. The van der Waals surface area contributed by atoms with Gasteiger partial charge >= 0.3 is 5.97 Å². The summed E-state index contributed by atoms with van der Waals surface area (Å²) in [5.41, 5.74) is 2.28. The molecule has 3 rings (SSSR count). The number of nitrogens with zero attached hydrogens (tertiary/aromatic N) is 1. The molecule has 0 spiro atoms. The molecule has 0 radical (unpaired) electrons. The smallest absolute Gasteiger partial charge is 0.356 e. The van der Waals surface area contributed by atoms with Crippen molar-refractivity contribution < 1.29 is 9.90 Å². The van der Waals surface area contributed by atoms with Crippen molar-refractivity contribution in [3.63, 3.8) is 0 Å². The Kier molecular flexibility index (Phi) is 1.56. The van der Waals surface area contributed by atoms with E-state index in [1.807, 2.05) is 0 Å². The van der Waals surface area contributed by atoms with Crippen LogP contribution in [0.2, 0.25) is 0 Å². The van der Waals surface area contributed by atoms with Crippen molar-refractivity contribution in [1.82, 2.24) is 10.2 Å². The average Bonchev–Trinajstić information content (AvgIpc) is 2.52. The fourth-order valence-electron chi connectivity index (χ4n) is 3.25. The van der Waals surface area contributed by atoms with Crippen LogP contribution in [-0.2, 0) is 6.42 Å². The standard InChI is InChI=1S/C11H14N2O2/c1-4(2)7-5-3-6-9(8(5)7)12-13-10(6)11(14)15/h4-5,7-8H,3H2,1-2H3,(H,12,13)(H,14,15)/t5-,7-,8-/m0/s1. The molecule has 80 valence electrons. The van der Waals surface area contributed by atoms with Crippen molar-refractivity contribution in [2.45, 2.75) is 26.2 Å². The summed E-state index contributed by atoms with van der Waals surface area (Å²) in [6.07, 6.45) is 0.904. The molecular formula is C11H14N2O2. The van der Waals surface area contributed by atoms with Crippen LogP contribution in [-0.4, -0.2) is 21.3 Å². The number of aromatic nitrogens is 2. The fraction of sp³-hybridized carbons (Fsp3) is 0.636. The number of fused-ring (bicyclic) bond motifs is 3. The van der Waals surface area contributed by atoms with Crippen LogP contribution in [0.5, 0.6) is 0 Å². The third-order valence-corrected chi connectivity index (χ3v) is 3.87. The molecule has 1 aromatic rings. The van der Waals surface area contributed by atoms with E-state index >= 15 is 0 Å². The predicted molar refractivity (Wildman–Crippen MR) is 53.8 cm³/mol. The van der Waals surface area contributed by atoms with Crippen molar-refractivity contribution in [3.05, 3.63) is 17.0 Å². The summed E-state index contributed by atoms with van der Waals surface area (Å²) in [7, 11) is 0. The third kappa shape index (κ3) is 1.02. The SMILES string of the molecule is CC(C)[C@H]1[C@@H]2Cc3c(C(=O)O)n[nH]c3[C@@H]21. The Morgan fingerprint density at radius 1 is 1.60 bits per heavy atom. The molecule has 2 aliphatic carbocycles. The molecular weight excluding hydrogens is 192 g/mol. The summed E-state index contributed by atoms with van der Waals surface area (Å²) in [5, 5.41) is 15.7. The summed E-state index contributed by atoms with van der Waals surface area (Å²) in [4.78, 5) is 10.9. The molecule has 1 aromatic heterocycles. The maximum Gasteiger partial charge on any atom is 0.356 e. The van der Waals surface area contributed by atoms with Gasteiger partial charge in [0.15, 0.2) is 5.69 Å². The van der Waals surface area contributed by atoms with Crippen LogP contribution in [0.25, 0.3) is 0 Å². The Balaban J connectivity index is 1.95. The number of rotatable bonds is 2. The Bertz CT molecular complexity index is 436. The maximum atomic E-state index is 10.9. The summed E-state index contributed by atoms with van der Waals surface area (Å²) in [5.74, 6) is 1.74. The minimum atomic E-state index is -0.908. The predicted octanol–water partition coefficient (Wildman–Crippen LogP) is 1.65. The zero-order chi connectivity index (χ0) is 10.7. The highest BCUT2D eigenvalue weighted by Gasteiger charge is 2.58. The fourth-order valence-corrected chi connectivity index (χ4v) is 3.25. The quantitative estimate of drug-likeness (QED) is 0.773. The number of H-pyrrole nitrogens is 1. The first-order valence-corrected chi connectivity index (χ1v) is 5.41.